The molecule has 0 saturated carbocycles. The van der Waals surface area contributed by atoms with Gasteiger partial charge in [-0.15, -0.1) is 11.3 Å². The zero-order valence-electron chi connectivity index (χ0n) is 20.8. The van der Waals surface area contributed by atoms with E-state index in [4.69, 9.17) is 9.72 Å². The van der Waals surface area contributed by atoms with Crippen molar-refractivity contribution >= 4 is 28.3 Å². The van der Waals surface area contributed by atoms with Gasteiger partial charge in [-0.3, -0.25) is 4.79 Å². The van der Waals surface area contributed by atoms with Crippen LogP contribution >= 0.6 is 11.3 Å². The number of aryl methyl sites for hydroxylation is 4. The number of carbonyl (C=O) groups is 1. The molecule has 0 atom stereocenters. The molecule has 4 rings (SSSR count). The number of thiophene rings is 1. The van der Waals surface area contributed by atoms with Crippen molar-refractivity contribution in [3.63, 3.8) is 0 Å². The molecule has 2 aromatic carbocycles. The molecule has 0 spiro atoms. The average molecular weight is 490 g/mol. The second kappa shape index (κ2) is 12.5. The molecule has 0 bridgehead atoms. The number of aromatic nitrogens is 2. The lowest BCUT2D eigenvalue weighted by Gasteiger charge is -2.12. The van der Waals surface area contributed by atoms with Gasteiger partial charge in [-0.05, 0) is 74.7 Å². The summed E-state index contributed by atoms with van der Waals surface area (Å²) in [5.74, 6) is 2.17. The van der Waals surface area contributed by atoms with Gasteiger partial charge in [-0.2, -0.15) is 0 Å². The van der Waals surface area contributed by atoms with Crippen molar-refractivity contribution < 1.29 is 9.53 Å². The highest BCUT2D eigenvalue weighted by atomic mass is 32.1. The average Bonchev–Trinajstić information content (AvgIpc) is 3.51. The largest absolute Gasteiger partial charge is 0.493 e. The van der Waals surface area contributed by atoms with Crippen molar-refractivity contribution in [2.24, 2.45) is 0 Å². The number of nitrogens with one attached hydrogen (secondary N) is 1. The van der Waals surface area contributed by atoms with E-state index in [2.05, 4.69) is 66.2 Å². The highest BCUT2D eigenvalue weighted by Gasteiger charge is 2.10. The van der Waals surface area contributed by atoms with E-state index >= 15 is 0 Å². The Labute approximate surface area is 212 Å². The van der Waals surface area contributed by atoms with Crippen LogP contribution < -0.4 is 10.1 Å². The van der Waals surface area contributed by atoms with Crippen molar-refractivity contribution in [1.82, 2.24) is 14.9 Å². The summed E-state index contributed by atoms with van der Waals surface area (Å²) < 4.78 is 8.40. The van der Waals surface area contributed by atoms with Gasteiger partial charge < -0.3 is 14.6 Å². The molecular weight excluding hydrogens is 454 g/mol. The van der Waals surface area contributed by atoms with Crippen molar-refractivity contribution in [2.75, 3.05) is 13.2 Å². The molecule has 0 fully saturated rings. The van der Waals surface area contributed by atoms with E-state index in [9.17, 15) is 4.79 Å². The lowest BCUT2D eigenvalue weighted by Crippen LogP contribution is -2.23. The zero-order valence-corrected chi connectivity index (χ0v) is 21.6. The maximum atomic E-state index is 12.0. The van der Waals surface area contributed by atoms with Crippen molar-refractivity contribution in [1.29, 1.82) is 0 Å². The molecule has 0 radical (unpaired) electrons. The monoisotopic (exact) mass is 489 g/mol. The molecule has 1 N–H and O–H groups in total. The van der Waals surface area contributed by atoms with Crippen LogP contribution in [0.15, 0.2) is 60.0 Å². The quantitative estimate of drug-likeness (QED) is 0.212. The van der Waals surface area contributed by atoms with E-state index in [1.54, 1.807) is 0 Å². The number of fused-ring (bicyclic) bond motifs is 1. The third-order valence-corrected chi connectivity index (χ3v) is 7.07. The van der Waals surface area contributed by atoms with Gasteiger partial charge in [0, 0.05) is 19.5 Å². The Bertz CT molecular complexity index is 1230. The van der Waals surface area contributed by atoms with E-state index in [1.165, 1.54) is 28.0 Å². The Kier molecular flexibility index (Phi) is 8.96. The fraction of sp³-hybridized carbons (Fsp3) is 0.379. The summed E-state index contributed by atoms with van der Waals surface area (Å²) in [5.41, 5.74) is 4.73. The number of imidazole rings is 1. The van der Waals surface area contributed by atoms with Crippen molar-refractivity contribution in [3.8, 4) is 5.75 Å². The first-order valence-electron chi connectivity index (χ1n) is 12.6. The molecule has 184 valence electrons. The molecule has 0 aliphatic carbocycles. The number of rotatable bonds is 13. The SMILES string of the molecule is Cc1ccc(OCCCCn2c(CCCCCNC(=O)c3cccs3)nc3ccccc32)c(C)c1. The lowest BCUT2D eigenvalue weighted by molar-refractivity contribution is 0.0957. The maximum absolute atomic E-state index is 12.0. The van der Waals surface area contributed by atoms with Crippen LogP contribution in [-0.4, -0.2) is 28.6 Å². The minimum Gasteiger partial charge on any atom is -0.493 e. The number of hydrogen-bond donors (Lipinski definition) is 1. The van der Waals surface area contributed by atoms with Gasteiger partial charge in [-0.25, -0.2) is 4.98 Å². The molecule has 4 aromatic rings. The van der Waals surface area contributed by atoms with Crippen LogP contribution in [0.25, 0.3) is 11.0 Å². The minimum atomic E-state index is 0.0308. The first-order valence-corrected chi connectivity index (χ1v) is 13.5. The Morgan fingerprint density at radius 2 is 1.89 bits per heavy atom. The number of benzene rings is 2. The smallest absolute Gasteiger partial charge is 0.261 e. The van der Waals surface area contributed by atoms with Crippen molar-refractivity contribution in [3.05, 3.63) is 81.8 Å². The summed E-state index contributed by atoms with van der Waals surface area (Å²) >= 11 is 1.48. The van der Waals surface area contributed by atoms with Crippen LogP contribution in [0.5, 0.6) is 5.75 Å². The highest BCUT2D eigenvalue weighted by Crippen LogP contribution is 2.21. The Morgan fingerprint density at radius 1 is 1.00 bits per heavy atom. The summed E-state index contributed by atoms with van der Waals surface area (Å²) in [6.45, 7) is 6.59. The lowest BCUT2D eigenvalue weighted by atomic mass is 10.1. The van der Waals surface area contributed by atoms with Gasteiger partial charge in [0.15, 0.2) is 0 Å². The first kappa shape index (κ1) is 25.0. The molecule has 0 aliphatic heterocycles. The fourth-order valence-corrected chi connectivity index (χ4v) is 5.00. The molecule has 0 unspecified atom stereocenters. The van der Waals surface area contributed by atoms with Gasteiger partial charge >= 0.3 is 0 Å². The van der Waals surface area contributed by atoms with Crippen LogP contribution in [0.4, 0.5) is 0 Å². The molecule has 2 aromatic heterocycles. The number of nitrogens with zero attached hydrogens (tertiary/aromatic N) is 2. The van der Waals surface area contributed by atoms with Crippen LogP contribution in [0, 0.1) is 13.8 Å². The van der Waals surface area contributed by atoms with Gasteiger partial charge in [0.2, 0.25) is 0 Å². The van der Waals surface area contributed by atoms with E-state index in [1.807, 2.05) is 17.5 Å². The zero-order chi connectivity index (χ0) is 24.5. The first-order chi connectivity index (χ1) is 17.1. The van der Waals surface area contributed by atoms with Gasteiger partial charge in [0.05, 0.1) is 22.5 Å². The molecule has 6 heteroatoms. The molecule has 2 heterocycles. The topological polar surface area (TPSA) is 56.1 Å². The number of hydrogen-bond acceptors (Lipinski definition) is 4. The number of para-hydroxylation sites is 2. The van der Waals surface area contributed by atoms with E-state index < -0.39 is 0 Å². The molecule has 1 amide bonds. The molecule has 0 aliphatic rings. The Balaban J connectivity index is 1.23. The second-order valence-electron chi connectivity index (χ2n) is 9.04. The molecule has 0 saturated heterocycles. The van der Waals surface area contributed by atoms with Crippen LogP contribution in [0.3, 0.4) is 0 Å². The van der Waals surface area contributed by atoms with Gasteiger partial charge in [0.25, 0.3) is 5.91 Å². The summed E-state index contributed by atoms with van der Waals surface area (Å²) in [7, 11) is 0. The molecule has 5 nitrogen and oxygen atoms in total. The normalized spacial score (nSPS) is 11.1. The standard InChI is InChI=1S/C29H35N3O2S/c1-22-15-16-26(23(2)21-22)34-19-9-8-18-32-25-12-6-5-11-24(25)31-28(32)14-4-3-7-17-30-29(33)27-13-10-20-35-27/h5-6,10-13,15-16,20-21H,3-4,7-9,14,17-19H2,1-2H3,(H,30,33). The highest BCUT2D eigenvalue weighted by molar-refractivity contribution is 7.12. The summed E-state index contributed by atoms with van der Waals surface area (Å²) in [6.07, 6.45) is 6.11. The fourth-order valence-electron chi connectivity index (χ4n) is 4.36. The third-order valence-electron chi connectivity index (χ3n) is 6.21. The number of unbranched alkanes of at least 4 members (excludes halogenated alkanes) is 3. The second-order valence-corrected chi connectivity index (χ2v) is 9.98. The number of amides is 1. The Morgan fingerprint density at radius 3 is 2.71 bits per heavy atom. The summed E-state index contributed by atoms with van der Waals surface area (Å²) in [5, 5.41) is 4.94. The number of carbonyl (C=O) groups excluding carboxylic acids is 1. The van der Waals surface area contributed by atoms with Gasteiger partial charge in [0.1, 0.15) is 11.6 Å². The van der Waals surface area contributed by atoms with Gasteiger partial charge in [-0.1, -0.05) is 42.3 Å². The molecule has 35 heavy (non-hydrogen) atoms. The van der Waals surface area contributed by atoms with E-state index in [-0.39, 0.29) is 5.91 Å². The van der Waals surface area contributed by atoms with E-state index in [0.29, 0.717) is 6.54 Å². The predicted molar refractivity (Wildman–Crippen MR) is 145 cm³/mol. The van der Waals surface area contributed by atoms with Crippen LogP contribution in [0.1, 0.15) is 58.7 Å². The van der Waals surface area contributed by atoms with Crippen LogP contribution in [-0.2, 0) is 13.0 Å². The Hall–Kier alpha value is -3.12. The van der Waals surface area contributed by atoms with Crippen molar-refractivity contribution in [2.45, 2.75) is 58.9 Å². The maximum Gasteiger partial charge on any atom is 0.261 e. The molecular formula is C29H35N3O2S. The summed E-state index contributed by atoms with van der Waals surface area (Å²) in [4.78, 5) is 17.7. The minimum absolute atomic E-state index is 0.0308. The predicted octanol–water partition coefficient (Wildman–Crippen LogP) is 6.72. The van der Waals surface area contributed by atoms with E-state index in [0.717, 1.165) is 73.6 Å². The number of ether oxygens (including phenoxy) is 1. The van der Waals surface area contributed by atoms with Crippen LogP contribution in [0.2, 0.25) is 0 Å². The summed E-state index contributed by atoms with van der Waals surface area (Å²) in [6, 6.07) is 18.5. The third kappa shape index (κ3) is 6.95.